The summed E-state index contributed by atoms with van der Waals surface area (Å²) in [5, 5.41) is 3.94. The lowest BCUT2D eigenvalue weighted by Gasteiger charge is -2.06. The minimum Gasteiger partial charge on any atom is -0.461 e. The van der Waals surface area contributed by atoms with Gasteiger partial charge in [-0.05, 0) is 19.4 Å². The molecule has 0 N–H and O–H groups in total. The van der Waals surface area contributed by atoms with Crippen LogP contribution >= 0.6 is 0 Å². The predicted molar refractivity (Wildman–Crippen MR) is 93.8 cm³/mol. The van der Waals surface area contributed by atoms with Crippen molar-refractivity contribution in [3.8, 4) is 11.4 Å². The highest BCUT2D eigenvalue weighted by molar-refractivity contribution is 5.69. The quantitative estimate of drug-likeness (QED) is 0.636. The van der Waals surface area contributed by atoms with Crippen molar-refractivity contribution in [2.24, 2.45) is 0 Å². The maximum absolute atomic E-state index is 11.9. The number of aryl methyl sites for hydroxylation is 3. The summed E-state index contributed by atoms with van der Waals surface area (Å²) in [5.41, 5.74) is 4.19. The molecule has 0 atom stereocenters. The molecule has 3 rings (SSSR count). The molecule has 0 aliphatic heterocycles. The molecular weight excluding hydrogens is 316 g/mol. The van der Waals surface area contributed by atoms with E-state index in [-0.39, 0.29) is 19.0 Å². The SMILES string of the molecule is Cc1cc(C)cc(COC(=O)CCc2nc(-c3ccccc3)no2)c1. The molecule has 0 saturated carbocycles. The molecule has 25 heavy (non-hydrogen) atoms. The maximum Gasteiger partial charge on any atom is 0.306 e. The third kappa shape index (κ3) is 4.76. The molecule has 5 heteroatoms. The Bertz CT molecular complexity index is 836. The number of aromatic nitrogens is 2. The van der Waals surface area contributed by atoms with Crippen molar-refractivity contribution in [1.82, 2.24) is 10.1 Å². The molecule has 5 nitrogen and oxygen atoms in total. The first kappa shape index (κ1) is 16.9. The van der Waals surface area contributed by atoms with Gasteiger partial charge in [-0.3, -0.25) is 4.79 Å². The van der Waals surface area contributed by atoms with Crippen LogP contribution in [-0.4, -0.2) is 16.1 Å². The van der Waals surface area contributed by atoms with Gasteiger partial charge in [-0.1, -0.05) is 64.8 Å². The molecular formula is C20H20N2O3. The molecule has 0 saturated heterocycles. The van der Waals surface area contributed by atoms with Gasteiger partial charge in [-0.15, -0.1) is 0 Å². The third-order valence-electron chi connectivity index (χ3n) is 3.72. The summed E-state index contributed by atoms with van der Waals surface area (Å²) in [6.07, 6.45) is 0.576. The minimum atomic E-state index is -0.279. The molecule has 0 radical (unpaired) electrons. The first-order valence-electron chi connectivity index (χ1n) is 8.21. The highest BCUT2D eigenvalue weighted by Gasteiger charge is 2.11. The van der Waals surface area contributed by atoms with Gasteiger partial charge in [0.2, 0.25) is 11.7 Å². The Morgan fingerprint density at radius 3 is 2.52 bits per heavy atom. The number of carbonyl (C=O) groups is 1. The Morgan fingerprint density at radius 2 is 1.80 bits per heavy atom. The van der Waals surface area contributed by atoms with Crippen molar-refractivity contribution in [2.45, 2.75) is 33.3 Å². The van der Waals surface area contributed by atoms with E-state index < -0.39 is 0 Å². The van der Waals surface area contributed by atoms with Gasteiger partial charge in [0, 0.05) is 12.0 Å². The van der Waals surface area contributed by atoms with Gasteiger partial charge in [-0.25, -0.2) is 0 Å². The molecule has 0 bridgehead atoms. The Balaban J connectivity index is 1.50. The Morgan fingerprint density at radius 1 is 1.08 bits per heavy atom. The summed E-state index contributed by atoms with van der Waals surface area (Å²) in [6.45, 7) is 4.33. The van der Waals surface area contributed by atoms with Gasteiger partial charge in [0.25, 0.3) is 0 Å². The minimum absolute atomic E-state index is 0.210. The fourth-order valence-electron chi connectivity index (χ4n) is 2.66. The van der Waals surface area contributed by atoms with Gasteiger partial charge in [0.15, 0.2) is 0 Å². The summed E-state index contributed by atoms with van der Waals surface area (Å²) >= 11 is 0. The van der Waals surface area contributed by atoms with Crippen molar-refractivity contribution in [3.63, 3.8) is 0 Å². The van der Waals surface area contributed by atoms with Crippen LogP contribution in [0.25, 0.3) is 11.4 Å². The van der Waals surface area contributed by atoms with Crippen LogP contribution in [0.4, 0.5) is 0 Å². The van der Waals surface area contributed by atoms with E-state index in [4.69, 9.17) is 9.26 Å². The van der Waals surface area contributed by atoms with Gasteiger partial charge >= 0.3 is 5.97 Å². The summed E-state index contributed by atoms with van der Waals surface area (Å²) < 4.78 is 10.5. The topological polar surface area (TPSA) is 65.2 Å². The van der Waals surface area contributed by atoms with E-state index in [1.165, 1.54) is 0 Å². The van der Waals surface area contributed by atoms with Crippen LogP contribution in [0.2, 0.25) is 0 Å². The zero-order chi connectivity index (χ0) is 17.6. The Kier molecular flexibility index (Phi) is 5.23. The van der Waals surface area contributed by atoms with Crippen LogP contribution < -0.4 is 0 Å². The number of hydrogen-bond acceptors (Lipinski definition) is 5. The molecule has 2 aromatic carbocycles. The van der Waals surface area contributed by atoms with E-state index in [0.29, 0.717) is 18.1 Å². The van der Waals surface area contributed by atoms with Gasteiger partial charge in [-0.2, -0.15) is 4.98 Å². The van der Waals surface area contributed by atoms with E-state index in [0.717, 1.165) is 22.3 Å². The zero-order valence-electron chi connectivity index (χ0n) is 14.4. The average Bonchev–Trinajstić information content (AvgIpc) is 3.07. The molecule has 0 aliphatic carbocycles. The fourth-order valence-corrected chi connectivity index (χ4v) is 2.66. The molecule has 0 aliphatic rings. The zero-order valence-corrected chi connectivity index (χ0v) is 14.4. The van der Waals surface area contributed by atoms with E-state index >= 15 is 0 Å². The normalized spacial score (nSPS) is 10.6. The van der Waals surface area contributed by atoms with E-state index in [1.54, 1.807) is 0 Å². The number of nitrogens with zero attached hydrogens (tertiary/aromatic N) is 2. The Labute approximate surface area is 146 Å². The lowest BCUT2D eigenvalue weighted by Crippen LogP contribution is -2.06. The van der Waals surface area contributed by atoms with E-state index in [2.05, 4.69) is 16.2 Å². The molecule has 1 heterocycles. The number of benzene rings is 2. The summed E-state index contributed by atoms with van der Waals surface area (Å²) in [5.74, 6) is 0.681. The number of esters is 1. The maximum atomic E-state index is 11.9. The number of ether oxygens (including phenoxy) is 1. The van der Waals surface area contributed by atoms with Crippen LogP contribution in [0, 0.1) is 13.8 Å². The fraction of sp³-hybridized carbons (Fsp3) is 0.250. The van der Waals surface area contributed by atoms with Crippen molar-refractivity contribution in [3.05, 3.63) is 71.1 Å². The lowest BCUT2D eigenvalue weighted by molar-refractivity contribution is -0.145. The Hall–Kier alpha value is -2.95. The summed E-state index contributed by atoms with van der Waals surface area (Å²) in [4.78, 5) is 16.2. The van der Waals surface area contributed by atoms with Gasteiger partial charge in [0.05, 0.1) is 6.42 Å². The molecule has 128 valence electrons. The van der Waals surface area contributed by atoms with Crippen LogP contribution in [-0.2, 0) is 22.6 Å². The van der Waals surface area contributed by atoms with Crippen molar-refractivity contribution < 1.29 is 14.1 Å². The lowest BCUT2D eigenvalue weighted by atomic mass is 10.1. The molecule has 3 aromatic rings. The molecule has 1 aromatic heterocycles. The van der Waals surface area contributed by atoms with Crippen molar-refractivity contribution in [1.29, 1.82) is 0 Å². The first-order chi connectivity index (χ1) is 12.1. The number of carbonyl (C=O) groups excluding carboxylic acids is 1. The molecule has 0 fully saturated rings. The van der Waals surface area contributed by atoms with Crippen LogP contribution in [0.3, 0.4) is 0 Å². The molecule has 0 amide bonds. The largest absolute Gasteiger partial charge is 0.461 e. The van der Waals surface area contributed by atoms with E-state index in [9.17, 15) is 4.79 Å². The highest BCUT2D eigenvalue weighted by Crippen LogP contribution is 2.15. The molecule has 0 spiro atoms. The van der Waals surface area contributed by atoms with Crippen LogP contribution in [0.5, 0.6) is 0 Å². The summed E-state index contributed by atoms with van der Waals surface area (Å²) in [6, 6.07) is 15.7. The van der Waals surface area contributed by atoms with Gasteiger partial charge < -0.3 is 9.26 Å². The van der Waals surface area contributed by atoms with Crippen molar-refractivity contribution in [2.75, 3.05) is 0 Å². The standard InChI is InChI=1S/C20H20N2O3/c1-14-10-15(2)12-16(11-14)13-24-19(23)9-8-18-21-20(22-25-18)17-6-4-3-5-7-17/h3-7,10-12H,8-9,13H2,1-2H3. The smallest absolute Gasteiger partial charge is 0.306 e. The number of rotatable bonds is 6. The molecule has 0 unspecified atom stereocenters. The predicted octanol–water partition coefficient (Wildman–Crippen LogP) is 4.03. The second-order valence-electron chi connectivity index (χ2n) is 6.03. The van der Waals surface area contributed by atoms with Crippen LogP contribution in [0.15, 0.2) is 53.1 Å². The van der Waals surface area contributed by atoms with Gasteiger partial charge in [0.1, 0.15) is 6.61 Å². The first-order valence-corrected chi connectivity index (χ1v) is 8.21. The van der Waals surface area contributed by atoms with Crippen LogP contribution in [0.1, 0.15) is 29.0 Å². The van der Waals surface area contributed by atoms with Crippen molar-refractivity contribution >= 4 is 5.97 Å². The monoisotopic (exact) mass is 336 g/mol. The summed E-state index contributed by atoms with van der Waals surface area (Å²) in [7, 11) is 0. The third-order valence-corrected chi connectivity index (χ3v) is 3.72. The second kappa shape index (κ2) is 7.75. The number of hydrogen-bond donors (Lipinski definition) is 0. The average molecular weight is 336 g/mol. The highest BCUT2D eigenvalue weighted by atomic mass is 16.5. The van der Waals surface area contributed by atoms with E-state index in [1.807, 2.05) is 56.3 Å². The second-order valence-corrected chi connectivity index (χ2v) is 6.03.